The van der Waals surface area contributed by atoms with Gasteiger partial charge in [-0.3, -0.25) is 0 Å². The van der Waals surface area contributed by atoms with Crippen molar-refractivity contribution in [3.8, 4) is 0 Å². The first-order valence-electron chi connectivity index (χ1n) is 4.22. The molecule has 0 aliphatic heterocycles. The average Bonchev–Trinajstić information content (AvgIpc) is 2.15. The Morgan fingerprint density at radius 3 is 2.93 bits per heavy atom. The standard InChI is InChI=1S/C9H13ClN2O2/c1-9(14,6-13)5-12-7-2-3-11-8(10)4-7/h2-4,13-14H,5-6H2,1H3,(H,11,12). The highest BCUT2D eigenvalue weighted by Crippen LogP contribution is 2.13. The smallest absolute Gasteiger partial charge is 0.131 e. The molecule has 5 heteroatoms. The maximum absolute atomic E-state index is 9.49. The summed E-state index contributed by atoms with van der Waals surface area (Å²) in [6, 6.07) is 3.38. The molecule has 0 aliphatic rings. The van der Waals surface area contributed by atoms with Crippen molar-refractivity contribution in [3.63, 3.8) is 0 Å². The molecule has 0 saturated carbocycles. The Morgan fingerprint density at radius 2 is 2.36 bits per heavy atom. The van der Waals surface area contributed by atoms with E-state index in [-0.39, 0.29) is 13.2 Å². The van der Waals surface area contributed by atoms with Crippen LogP contribution in [0.25, 0.3) is 0 Å². The predicted molar refractivity (Wildman–Crippen MR) is 55.4 cm³/mol. The topological polar surface area (TPSA) is 65.4 Å². The molecule has 0 saturated heterocycles. The molecule has 0 aliphatic carbocycles. The van der Waals surface area contributed by atoms with Crippen LogP contribution in [0.4, 0.5) is 5.69 Å². The van der Waals surface area contributed by atoms with E-state index in [1.807, 2.05) is 0 Å². The van der Waals surface area contributed by atoms with Gasteiger partial charge in [-0.15, -0.1) is 0 Å². The molecule has 0 fully saturated rings. The maximum atomic E-state index is 9.49. The lowest BCUT2D eigenvalue weighted by atomic mass is 10.1. The van der Waals surface area contributed by atoms with Crippen molar-refractivity contribution < 1.29 is 10.2 Å². The lowest BCUT2D eigenvalue weighted by molar-refractivity contribution is 0.0132. The second kappa shape index (κ2) is 4.59. The summed E-state index contributed by atoms with van der Waals surface area (Å²) >= 11 is 5.67. The van der Waals surface area contributed by atoms with Gasteiger partial charge in [-0.1, -0.05) is 11.6 Å². The van der Waals surface area contributed by atoms with Gasteiger partial charge in [0.15, 0.2) is 0 Å². The number of nitrogens with one attached hydrogen (secondary N) is 1. The molecule has 1 aromatic heterocycles. The zero-order valence-corrected chi connectivity index (χ0v) is 8.62. The van der Waals surface area contributed by atoms with Gasteiger partial charge < -0.3 is 15.5 Å². The van der Waals surface area contributed by atoms with Crippen molar-refractivity contribution in [2.24, 2.45) is 0 Å². The first-order chi connectivity index (χ1) is 6.53. The van der Waals surface area contributed by atoms with Crippen LogP contribution in [0.1, 0.15) is 6.92 Å². The van der Waals surface area contributed by atoms with Gasteiger partial charge in [0, 0.05) is 18.4 Å². The van der Waals surface area contributed by atoms with Gasteiger partial charge in [0.2, 0.25) is 0 Å². The molecule has 0 amide bonds. The van der Waals surface area contributed by atoms with Crippen molar-refractivity contribution in [2.45, 2.75) is 12.5 Å². The molecule has 1 unspecified atom stereocenters. The number of halogens is 1. The van der Waals surface area contributed by atoms with Crippen LogP contribution >= 0.6 is 11.6 Å². The summed E-state index contributed by atoms with van der Waals surface area (Å²) < 4.78 is 0. The van der Waals surface area contributed by atoms with E-state index in [2.05, 4.69) is 10.3 Å². The van der Waals surface area contributed by atoms with Crippen LogP contribution in [0.2, 0.25) is 5.15 Å². The molecule has 1 aromatic rings. The van der Waals surface area contributed by atoms with E-state index < -0.39 is 5.60 Å². The Balaban J connectivity index is 2.54. The van der Waals surface area contributed by atoms with Crippen LogP contribution in [0.15, 0.2) is 18.3 Å². The number of aromatic nitrogens is 1. The minimum Gasteiger partial charge on any atom is -0.393 e. The Hall–Kier alpha value is -0.840. The maximum Gasteiger partial charge on any atom is 0.131 e. The third-order valence-electron chi connectivity index (χ3n) is 1.74. The van der Waals surface area contributed by atoms with Gasteiger partial charge in [0.1, 0.15) is 10.8 Å². The molecule has 0 radical (unpaired) electrons. The summed E-state index contributed by atoms with van der Waals surface area (Å²) in [6.07, 6.45) is 1.57. The normalized spacial score (nSPS) is 14.9. The van der Waals surface area contributed by atoms with E-state index in [1.54, 1.807) is 25.3 Å². The minimum atomic E-state index is -1.13. The fourth-order valence-electron chi connectivity index (χ4n) is 0.861. The molecule has 0 spiro atoms. The molecule has 0 aromatic carbocycles. The molecule has 1 heterocycles. The van der Waals surface area contributed by atoms with Crippen molar-refractivity contribution in [1.29, 1.82) is 0 Å². The number of aliphatic hydroxyl groups excluding tert-OH is 1. The molecule has 3 N–H and O–H groups in total. The predicted octanol–water partition coefficient (Wildman–Crippen LogP) is 0.890. The van der Waals surface area contributed by atoms with Crippen molar-refractivity contribution in [3.05, 3.63) is 23.5 Å². The molecular formula is C9H13ClN2O2. The minimum absolute atomic E-state index is 0.254. The summed E-state index contributed by atoms with van der Waals surface area (Å²) in [4.78, 5) is 3.82. The first-order valence-corrected chi connectivity index (χ1v) is 4.60. The van der Waals surface area contributed by atoms with E-state index in [0.717, 1.165) is 5.69 Å². The van der Waals surface area contributed by atoms with Crippen LogP contribution in [-0.2, 0) is 0 Å². The molecule has 14 heavy (non-hydrogen) atoms. The number of hydrogen-bond acceptors (Lipinski definition) is 4. The number of aliphatic hydroxyl groups is 2. The third kappa shape index (κ3) is 3.49. The Labute approximate surface area is 87.6 Å². The number of anilines is 1. The molecular weight excluding hydrogens is 204 g/mol. The fraction of sp³-hybridized carbons (Fsp3) is 0.444. The molecule has 78 valence electrons. The van der Waals surface area contributed by atoms with Gasteiger partial charge >= 0.3 is 0 Å². The number of pyridine rings is 1. The summed E-state index contributed by atoms with van der Waals surface area (Å²) in [5.74, 6) is 0. The molecule has 4 nitrogen and oxygen atoms in total. The monoisotopic (exact) mass is 216 g/mol. The van der Waals surface area contributed by atoms with E-state index >= 15 is 0 Å². The van der Waals surface area contributed by atoms with Crippen LogP contribution in [0, 0.1) is 0 Å². The first kappa shape index (κ1) is 11.2. The fourth-order valence-corrected chi connectivity index (χ4v) is 1.03. The van der Waals surface area contributed by atoms with Crippen LogP contribution in [0.3, 0.4) is 0 Å². The van der Waals surface area contributed by atoms with E-state index in [4.69, 9.17) is 16.7 Å². The summed E-state index contributed by atoms with van der Waals surface area (Å²) in [5, 5.41) is 21.6. The van der Waals surface area contributed by atoms with Gasteiger partial charge in [0.05, 0.1) is 6.61 Å². The lowest BCUT2D eigenvalue weighted by Crippen LogP contribution is -2.37. The Bertz CT molecular complexity index is 305. The van der Waals surface area contributed by atoms with Crippen molar-refractivity contribution in [2.75, 3.05) is 18.5 Å². The van der Waals surface area contributed by atoms with Gasteiger partial charge in [-0.05, 0) is 19.1 Å². The van der Waals surface area contributed by atoms with E-state index in [1.165, 1.54) is 0 Å². The summed E-state index contributed by atoms with van der Waals surface area (Å²) in [5.41, 5.74) is -0.367. The number of rotatable bonds is 4. The van der Waals surface area contributed by atoms with Gasteiger partial charge in [-0.25, -0.2) is 4.98 Å². The Morgan fingerprint density at radius 1 is 1.64 bits per heavy atom. The highest BCUT2D eigenvalue weighted by atomic mass is 35.5. The zero-order valence-electron chi connectivity index (χ0n) is 7.87. The van der Waals surface area contributed by atoms with Crippen LogP contribution < -0.4 is 5.32 Å². The number of nitrogens with zero attached hydrogens (tertiary/aromatic N) is 1. The lowest BCUT2D eigenvalue weighted by Gasteiger charge is -2.21. The average molecular weight is 217 g/mol. The second-order valence-electron chi connectivity index (χ2n) is 3.38. The SMILES string of the molecule is CC(O)(CO)CNc1ccnc(Cl)c1. The van der Waals surface area contributed by atoms with E-state index in [0.29, 0.717) is 5.15 Å². The Kier molecular flexibility index (Phi) is 3.69. The highest BCUT2D eigenvalue weighted by Gasteiger charge is 2.18. The largest absolute Gasteiger partial charge is 0.393 e. The molecule has 0 bridgehead atoms. The van der Waals surface area contributed by atoms with E-state index in [9.17, 15) is 5.11 Å². The van der Waals surface area contributed by atoms with Crippen LogP contribution in [0.5, 0.6) is 0 Å². The third-order valence-corrected chi connectivity index (χ3v) is 1.95. The van der Waals surface area contributed by atoms with Gasteiger partial charge in [0.25, 0.3) is 0 Å². The summed E-state index contributed by atoms with van der Waals surface area (Å²) in [7, 11) is 0. The number of hydrogen-bond donors (Lipinski definition) is 3. The highest BCUT2D eigenvalue weighted by molar-refractivity contribution is 6.29. The van der Waals surface area contributed by atoms with Crippen LogP contribution in [-0.4, -0.2) is 33.9 Å². The van der Waals surface area contributed by atoms with Crippen molar-refractivity contribution in [1.82, 2.24) is 4.98 Å². The summed E-state index contributed by atoms with van der Waals surface area (Å²) in [6.45, 7) is 1.51. The zero-order chi connectivity index (χ0) is 10.6. The molecule has 1 atom stereocenters. The second-order valence-corrected chi connectivity index (χ2v) is 3.76. The quantitative estimate of drug-likeness (QED) is 0.654. The van der Waals surface area contributed by atoms with Crippen molar-refractivity contribution >= 4 is 17.3 Å². The molecule has 1 rings (SSSR count). The van der Waals surface area contributed by atoms with Gasteiger partial charge in [-0.2, -0.15) is 0 Å².